The van der Waals surface area contributed by atoms with Crippen molar-refractivity contribution in [3.63, 3.8) is 0 Å². The Morgan fingerprint density at radius 1 is 0.941 bits per heavy atom. The third-order valence-electron chi connectivity index (χ3n) is 2.62. The molecule has 0 saturated carbocycles. The summed E-state index contributed by atoms with van der Waals surface area (Å²) in [5, 5.41) is 19.8. The Morgan fingerprint density at radius 2 is 1.53 bits per heavy atom. The first-order valence-electron chi connectivity index (χ1n) is 5.36. The second-order valence-electron chi connectivity index (χ2n) is 3.94. The molecule has 1 atom stereocenters. The summed E-state index contributed by atoms with van der Waals surface area (Å²) in [6, 6.07) is 14.0. The molecule has 0 aliphatic rings. The monoisotopic (exact) mass is 248 g/mol. The van der Waals surface area contributed by atoms with Gasteiger partial charge < -0.3 is 10.2 Å². The third kappa shape index (κ3) is 3.22. The summed E-state index contributed by atoms with van der Waals surface area (Å²) in [7, 11) is 0. The van der Waals surface area contributed by atoms with Gasteiger partial charge in [-0.15, -0.1) is 0 Å². The fourth-order valence-electron chi connectivity index (χ4n) is 1.66. The molecule has 3 heteroatoms. The van der Waals surface area contributed by atoms with E-state index in [4.69, 9.17) is 16.7 Å². The highest BCUT2D eigenvalue weighted by atomic mass is 35.5. The van der Waals surface area contributed by atoms with Crippen LogP contribution in [0.25, 0.3) is 0 Å². The molecule has 2 aromatic rings. The molecule has 1 unspecified atom stereocenters. The molecule has 17 heavy (non-hydrogen) atoms. The van der Waals surface area contributed by atoms with Crippen LogP contribution in [0.1, 0.15) is 17.2 Å². The lowest BCUT2D eigenvalue weighted by Crippen LogP contribution is -2.01. The highest BCUT2D eigenvalue weighted by Gasteiger charge is 2.08. The van der Waals surface area contributed by atoms with Crippen LogP contribution < -0.4 is 0 Å². The zero-order chi connectivity index (χ0) is 12.3. The maximum absolute atomic E-state index is 10.0. The van der Waals surface area contributed by atoms with Crippen LogP contribution in [0.2, 0.25) is 5.02 Å². The van der Waals surface area contributed by atoms with Gasteiger partial charge in [0.05, 0.1) is 6.10 Å². The van der Waals surface area contributed by atoms with Gasteiger partial charge in [-0.25, -0.2) is 0 Å². The average molecular weight is 249 g/mol. The molecule has 2 nitrogen and oxygen atoms in total. The second kappa shape index (κ2) is 5.21. The van der Waals surface area contributed by atoms with Crippen LogP contribution in [0.15, 0.2) is 48.5 Å². The Balaban J connectivity index is 2.08. The molecule has 0 heterocycles. The molecular formula is C14H13ClO2. The van der Waals surface area contributed by atoms with Crippen LogP contribution in [0.4, 0.5) is 0 Å². The Labute approximate surface area is 105 Å². The molecule has 0 radical (unpaired) electrons. The van der Waals surface area contributed by atoms with E-state index in [2.05, 4.69) is 0 Å². The number of aromatic hydroxyl groups is 1. The first kappa shape index (κ1) is 12.0. The molecule has 0 amide bonds. The Morgan fingerprint density at radius 3 is 2.12 bits per heavy atom. The quantitative estimate of drug-likeness (QED) is 0.875. The van der Waals surface area contributed by atoms with Gasteiger partial charge in [0.1, 0.15) is 5.75 Å². The van der Waals surface area contributed by atoms with E-state index in [0.717, 1.165) is 11.1 Å². The van der Waals surface area contributed by atoms with E-state index in [1.807, 2.05) is 12.1 Å². The van der Waals surface area contributed by atoms with E-state index in [1.54, 1.807) is 36.4 Å². The highest BCUT2D eigenvalue weighted by Crippen LogP contribution is 2.21. The summed E-state index contributed by atoms with van der Waals surface area (Å²) >= 11 is 5.78. The first-order valence-corrected chi connectivity index (χ1v) is 5.74. The van der Waals surface area contributed by atoms with E-state index in [0.29, 0.717) is 11.4 Å². The lowest BCUT2D eigenvalue weighted by molar-refractivity contribution is 0.178. The lowest BCUT2D eigenvalue weighted by atomic mass is 10.0. The van der Waals surface area contributed by atoms with Crippen molar-refractivity contribution in [3.8, 4) is 5.75 Å². The van der Waals surface area contributed by atoms with Crippen molar-refractivity contribution in [3.05, 3.63) is 64.7 Å². The fraction of sp³-hybridized carbons (Fsp3) is 0.143. The summed E-state index contributed by atoms with van der Waals surface area (Å²) in [4.78, 5) is 0. The summed E-state index contributed by atoms with van der Waals surface area (Å²) < 4.78 is 0. The van der Waals surface area contributed by atoms with Gasteiger partial charge in [0.25, 0.3) is 0 Å². The minimum Gasteiger partial charge on any atom is -0.508 e. The maximum atomic E-state index is 10.0. The van der Waals surface area contributed by atoms with Crippen molar-refractivity contribution in [1.82, 2.24) is 0 Å². The molecule has 0 aliphatic heterocycles. The molecular weight excluding hydrogens is 236 g/mol. The van der Waals surface area contributed by atoms with Crippen molar-refractivity contribution in [1.29, 1.82) is 0 Å². The first-order chi connectivity index (χ1) is 8.15. The highest BCUT2D eigenvalue weighted by molar-refractivity contribution is 6.30. The molecule has 2 rings (SSSR count). The van der Waals surface area contributed by atoms with Gasteiger partial charge in [0.15, 0.2) is 0 Å². The van der Waals surface area contributed by atoms with Crippen LogP contribution in [-0.2, 0) is 6.42 Å². The molecule has 0 spiro atoms. The van der Waals surface area contributed by atoms with Crippen molar-refractivity contribution in [2.24, 2.45) is 0 Å². The summed E-state index contributed by atoms with van der Waals surface area (Å²) in [6.07, 6.45) is -0.0427. The summed E-state index contributed by atoms with van der Waals surface area (Å²) in [6.45, 7) is 0. The predicted molar refractivity (Wildman–Crippen MR) is 68.2 cm³/mol. The van der Waals surface area contributed by atoms with Gasteiger partial charge in [0.2, 0.25) is 0 Å². The largest absolute Gasteiger partial charge is 0.508 e. The topological polar surface area (TPSA) is 40.5 Å². The molecule has 0 fully saturated rings. The zero-order valence-corrected chi connectivity index (χ0v) is 9.93. The number of hydrogen-bond donors (Lipinski definition) is 2. The Bertz CT molecular complexity index is 477. The summed E-state index contributed by atoms with van der Waals surface area (Å²) in [5.41, 5.74) is 1.81. The number of aliphatic hydroxyl groups is 1. The molecule has 0 aromatic heterocycles. The zero-order valence-electron chi connectivity index (χ0n) is 9.18. The number of phenols is 1. The van der Waals surface area contributed by atoms with E-state index < -0.39 is 6.10 Å². The van der Waals surface area contributed by atoms with Crippen molar-refractivity contribution >= 4 is 11.6 Å². The summed E-state index contributed by atoms with van der Waals surface area (Å²) in [5.74, 6) is 0.231. The van der Waals surface area contributed by atoms with Gasteiger partial charge in [-0.2, -0.15) is 0 Å². The normalized spacial score (nSPS) is 12.4. The number of hydrogen-bond acceptors (Lipinski definition) is 2. The fourth-order valence-corrected chi connectivity index (χ4v) is 1.78. The van der Waals surface area contributed by atoms with Crippen molar-refractivity contribution in [2.45, 2.75) is 12.5 Å². The van der Waals surface area contributed by atoms with E-state index in [-0.39, 0.29) is 5.75 Å². The SMILES string of the molecule is Oc1ccc(CC(O)c2ccc(Cl)cc2)cc1. The van der Waals surface area contributed by atoms with Crippen LogP contribution in [0.3, 0.4) is 0 Å². The third-order valence-corrected chi connectivity index (χ3v) is 2.87. The lowest BCUT2D eigenvalue weighted by Gasteiger charge is -2.11. The van der Waals surface area contributed by atoms with Crippen LogP contribution >= 0.6 is 11.6 Å². The average Bonchev–Trinajstić information content (AvgIpc) is 2.33. The van der Waals surface area contributed by atoms with Crippen LogP contribution in [0, 0.1) is 0 Å². The minimum atomic E-state index is -0.559. The van der Waals surface area contributed by atoms with Crippen molar-refractivity contribution in [2.75, 3.05) is 0 Å². The van der Waals surface area contributed by atoms with E-state index >= 15 is 0 Å². The smallest absolute Gasteiger partial charge is 0.115 e. The second-order valence-corrected chi connectivity index (χ2v) is 4.37. The number of aliphatic hydroxyl groups excluding tert-OH is 1. The molecule has 0 aliphatic carbocycles. The van der Waals surface area contributed by atoms with Gasteiger partial charge in [-0.05, 0) is 35.4 Å². The number of benzene rings is 2. The number of halogens is 1. The molecule has 2 aromatic carbocycles. The molecule has 2 N–H and O–H groups in total. The van der Waals surface area contributed by atoms with E-state index in [1.165, 1.54) is 0 Å². The Hall–Kier alpha value is -1.51. The van der Waals surface area contributed by atoms with Gasteiger partial charge >= 0.3 is 0 Å². The van der Waals surface area contributed by atoms with Gasteiger partial charge in [-0.1, -0.05) is 35.9 Å². The Kier molecular flexibility index (Phi) is 3.67. The molecule has 88 valence electrons. The van der Waals surface area contributed by atoms with Crippen molar-refractivity contribution < 1.29 is 10.2 Å². The van der Waals surface area contributed by atoms with Gasteiger partial charge in [0, 0.05) is 11.4 Å². The molecule has 0 saturated heterocycles. The predicted octanol–water partition coefficient (Wildman–Crippen LogP) is 3.32. The van der Waals surface area contributed by atoms with E-state index in [9.17, 15) is 5.11 Å². The standard InChI is InChI=1S/C14H13ClO2/c15-12-5-3-11(4-6-12)14(17)9-10-1-7-13(16)8-2-10/h1-8,14,16-17H,9H2. The maximum Gasteiger partial charge on any atom is 0.115 e. The van der Waals surface area contributed by atoms with Crippen LogP contribution in [-0.4, -0.2) is 10.2 Å². The number of phenolic OH excluding ortho intramolecular Hbond substituents is 1. The minimum absolute atomic E-state index is 0.231. The number of rotatable bonds is 3. The van der Waals surface area contributed by atoms with Gasteiger partial charge in [-0.3, -0.25) is 0 Å². The van der Waals surface area contributed by atoms with Crippen LogP contribution in [0.5, 0.6) is 5.75 Å². The molecule has 0 bridgehead atoms.